The van der Waals surface area contributed by atoms with E-state index in [9.17, 15) is 14.0 Å². The second-order valence-electron chi connectivity index (χ2n) is 9.44. The van der Waals surface area contributed by atoms with Crippen LogP contribution in [0.25, 0.3) is 16.7 Å². The zero-order valence-corrected chi connectivity index (χ0v) is 23.5. The highest BCUT2D eigenvalue weighted by Gasteiger charge is 2.33. The molecule has 1 aliphatic rings. The number of rotatable bonds is 8. The van der Waals surface area contributed by atoms with Crippen molar-refractivity contribution in [2.75, 3.05) is 20.0 Å². The van der Waals surface area contributed by atoms with Crippen LogP contribution in [0.1, 0.15) is 23.6 Å². The van der Waals surface area contributed by atoms with E-state index in [0.717, 1.165) is 34.3 Å². The number of H-pyrrole nitrogens is 1. The average molecular weight is 585 g/mol. The van der Waals surface area contributed by atoms with E-state index >= 15 is 0 Å². The maximum absolute atomic E-state index is 13.6. The Kier molecular flexibility index (Phi) is 7.44. The molecule has 1 aliphatic heterocycles. The number of ether oxygens (including phenoxy) is 2. The lowest BCUT2D eigenvalue weighted by Gasteiger charge is -2.22. The predicted octanol–water partition coefficient (Wildman–Crippen LogP) is 4.74. The maximum atomic E-state index is 13.6. The number of thioether (sulfide) groups is 1. The third-order valence-corrected chi connectivity index (χ3v) is 7.77. The first-order valence-corrected chi connectivity index (χ1v) is 14.0. The molecule has 12 heteroatoms. The number of nitrogens with one attached hydrogen (secondary N) is 1. The number of aromatic nitrogens is 4. The Labute approximate surface area is 243 Å². The minimum atomic E-state index is -0.389. The summed E-state index contributed by atoms with van der Waals surface area (Å²) < 4.78 is 25.5. The van der Waals surface area contributed by atoms with Crippen molar-refractivity contribution in [3.8, 4) is 17.2 Å². The maximum Gasteiger partial charge on any atom is 0.262 e. The molecular weight excluding hydrogens is 559 g/mol. The summed E-state index contributed by atoms with van der Waals surface area (Å²) >= 11 is 1.09. The summed E-state index contributed by atoms with van der Waals surface area (Å²) in [6, 6.07) is 20.5. The molecule has 3 heterocycles. The number of amides is 1. The lowest BCUT2D eigenvalue weighted by molar-refractivity contribution is -0.130. The fraction of sp³-hybridized carbons (Fsp3) is 0.167. The van der Waals surface area contributed by atoms with Gasteiger partial charge in [0.05, 0.1) is 43.6 Å². The fourth-order valence-electron chi connectivity index (χ4n) is 4.72. The molecule has 1 atom stereocenters. The molecule has 5 aromatic rings. The van der Waals surface area contributed by atoms with E-state index in [4.69, 9.17) is 14.6 Å². The van der Waals surface area contributed by atoms with E-state index in [-0.39, 0.29) is 39.6 Å². The second kappa shape index (κ2) is 11.5. The van der Waals surface area contributed by atoms with Gasteiger partial charge in [-0.1, -0.05) is 23.9 Å². The summed E-state index contributed by atoms with van der Waals surface area (Å²) in [5, 5.41) is 11.0. The van der Waals surface area contributed by atoms with Crippen molar-refractivity contribution >= 4 is 34.4 Å². The van der Waals surface area contributed by atoms with Crippen molar-refractivity contribution in [1.82, 2.24) is 24.8 Å². The number of nitrogens with zero attached hydrogens (tertiary/aromatic N) is 5. The number of fused-ring (bicyclic) bond motifs is 1. The standard InChI is InChI=1S/C30H25FN6O4S/c1-40-22-11-3-18(4-12-22)25-15-26(19-5-13-23(41-2)14-6-19)37(35-25)27(38)17-42-30-33-28-24(29(39)34-30)16-32-36(28)21-9-7-20(31)8-10-21/h3-14,16,26H,15,17H2,1-2H3,(H,33,34,39)/t26-/m0/s1. The van der Waals surface area contributed by atoms with E-state index in [1.54, 1.807) is 26.4 Å². The van der Waals surface area contributed by atoms with Crippen LogP contribution in [0.3, 0.4) is 0 Å². The number of carbonyl (C=O) groups is 1. The summed E-state index contributed by atoms with van der Waals surface area (Å²) in [6.45, 7) is 0. The van der Waals surface area contributed by atoms with Crippen LogP contribution in [0.2, 0.25) is 0 Å². The normalized spacial score (nSPS) is 14.7. The van der Waals surface area contributed by atoms with Crippen molar-refractivity contribution in [3.63, 3.8) is 0 Å². The van der Waals surface area contributed by atoms with Crippen molar-refractivity contribution < 1.29 is 18.7 Å². The lowest BCUT2D eigenvalue weighted by atomic mass is 9.98. The van der Waals surface area contributed by atoms with Crippen LogP contribution in [0.15, 0.2) is 94.0 Å². The minimum Gasteiger partial charge on any atom is -0.497 e. The number of hydrazone groups is 1. The summed E-state index contributed by atoms with van der Waals surface area (Å²) in [5.74, 6) is 0.785. The van der Waals surface area contributed by atoms with Crippen molar-refractivity contribution in [2.24, 2.45) is 5.10 Å². The molecule has 1 amide bonds. The zero-order valence-electron chi connectivity index (χ0n) is 22.7. The molecule has 0 saturated heterocycles. The third-order valence-electron chi connectivity index (χ3n) is 6.91. The molecule has 2 aromatic heterocycles. The van der Waals surface area contributed by atoms with E-state index < -0.39 is 0 Å². The Morgan fingerprint density at radius 3 is 2.33 bits per heavy atom. The van der Waals surface area contributed by atoms with Crippen LogP contribution in [0.5, 0.6) is 11.5 Å². The van der Waals surface area contributed by atoms with Gasteiger partial charge < -0.3 is 14.5 Å². The van der Waals surface area contributed by atoms with Crippen LogP contribution in [-0.2, 0) is 4.79 Å². The fourth-order valence-corrected chi connectivity index (χ4v) is 5.43. The predicted molar refractivity (Wildman–Crippen MR) is 157 cm³/mol. The first-order chi connectivity index (χ1) is 20.4. The van der Waals surface area contributed by atoms with Crippen LogP contribution in [0, 0.1) is 5.82 Å². The smallest absolute Gasteiger partial charge is 0.262 e. The number of aromatic amines is 1. The van der Waals surface area contributed by atoms with Crippen LogP contribution >= 0.6 is 11.8 Å². The first-order valence-electron chi connectivity index (χ1n) is 13.0. The molecule has 0 unspecified atom stereocenters. The van der Waals surface area contributed by atoms with Gasteiger partial charge in [0.15, 0.2) is 10.8 Å². The molecule has 212 valence electrons. The molecule has 0 fully saturated rings. The van der Waals surface area contributed by atoms with Gasteiger partial charge in [-0.25, -0.2) is 19.1 Å². The second-order valence-corrected chi connectivity index (χ2v) is 10.4. The van der Waals surface area contributed by atoms with E-state index in [1.165, 1.54) is 28.0 Å². The van der Waals surface area contributed by atoms with E-state index in [0.29, 0.717) is 23.5 Å². The Bertz CT molecular complexity index is 1840. The van der Waals surface area contributed by atoms with Crippen LogP contribution in [0.4, 0.5) is 4.39 Å². The first kappa shape index (κ1) is 27.2. The molecule has 0 radical (unpaired) electrons. The van der Waals surface area contributed by atoms with Gasteiger partial charge in [-0.05, 0) is 71.8 Å². The van der Waals surface area contributed by atoms with Crippen LogP contribution < -0.4 is 15.0 Å². The Hall–Kier alpha value is -4.97. The number of halogens is 1. The summed E-state index contributed by atoms with van der Waals surface area (Å²) in [4.78, 5) is 33.6. The summed E-state index contributed by atoms with van der Waals surface area (Å²) in [6.07, 6.45) is 1.93. The monoisotopic (exact) mass is 584 g/mol. The highest BCUT2D eigenvalue weighted by atomic mass is 32.2. The summed E-state index contributed by atoms with van der Waals surface area (Å²) in [5.41, 5.74) is 3.04. The van der Waals surface area contributed by atoms with Crippen molar-refractivity contribution in [1.29, 1.82) is 0 Å². The number of hydrogen-bond acceptors (Lipinski definition) is 8. The molecule has 42 heavy (non-hydrogen) atoms. The lowest BCUT2D eigenvalue weighted by Crippen LogP contribution is -2.28. The quantitative estimate of drug-likeness (QED) is 0.207. The molecule has 3 aromatic carbocycles. The molecule has 0 bridgehead atoms. The van der Waals surface area contributed by atoms with Gasteiger partial charge in [0.2, 0.25) is 0 Å². The van der Waals surface area contributed by atoms with E-state index in [2.05, 4.69) is 15.1 Å². The highest BCUT2D eigenvalue weighted by Crippen LogP contribution is 2.34. The van der Waals surface area contributed by atoms with Gasteiger partial charge >= 0.3 is 0 Å². The molecule has 1 N–H and O–H groups in total. The SMILES string of the molecule is COc1ccc(C2=NN(C(=O)CSc3nc4c(cnn4-c4ccc(F)cc4)c(=O)[nH]3)[C@H](c3ccc(OC)cc3)C2)cc1. The molecular formula is C30H25FN6O4S. The van der Waals surface area contributed by atoms with Gasteiger partial charge in [-0.3, -0.25) is 9.59 Å². The van der Waals surface area contributed by atoms with Gasteiger partial charge in [-0.15, -0.1) is 0 Å². The van der Waals surface area contributed by atoms with Gasteiger partial charge in [0.25, 0.3) is 11.5 Å². The molecule has 0 saturated carbocycles. The van der Waals surface area contributed by atoms with Crippen molar-refractivity contribution in [3.05, 3.63) is 106 Å². The molecule has 0 aliphatic carbocycles. The Morgan fingerprint density at radius 1 is 1.00 bits per heavy atom. The third kappa shape index (κ3) is 5.36. The van der Waals surface area contributed by atoms with Crippen molar-refractivity contribution in [2.45, 2.75) is 17.6 Å². The highest BCUT2D eigenvalue weighted by molar-refractivity contribution is 7.99. The van der Waals surface area contributed by atoms with Gasteiger partial charge in [0, 0.05) is 6.42 Å². The average Bonchev–Trinajstić information content (AvgIpc) is 3.66. The molecule has 10 nitrogen and oxygen atoms in total. The van der Waals surface area contributed by atoms with E-state index in [1.807, 2.05) is 48.5 Å². The zero-order chi connectivity index (χ0) is 29.2. The van der Waals surface area contributed by atoms with Crippen LogP contribution in [-0.4, -0.2) is 56.3 Å². The number of benzene rings is 3. The number of carbonyl (C=O) groups excluding carboxylic acids is 1. The number of hydrogen-bond donors (Lipinski definition) is 1. The van der Waals surface area contributed by atoms with Gasteiger partial charge in [0.1, 0.15) is 22.7 Å². The van der Waals surface area contributed by atoms with Gasteiger partial charge in [-0.2, -0.15) is 10.2 Å². The molecule has 0 spiro atoms. The Balaban J connectivity index is 1.27. The topological polar surface area (TPSA) is 115 Å². The molecule has 6 rings (SSSR count). The largest absolute Gasteiger partial charge is 0.497 e. The number of methoxy groups -OCH3 is 2. The minimum absolute atomic E-state index is 0.0226. The summed E-state index contributed by atoms with van der Waals surface area (Å²) in [7, 11) is 3.21. The Morgan fingerprint density at radius 2 is 1.67 bits per heavy atom.